The maximum Gasteiger partial charge on any atom is 0.296 e. The van der Waals surface area contributed by atoms with Gasteiger partial charge in [0, 0.05) is 21.5 Å². The summed E-state index contributed by atoms with van der Waals surface area (Å²) in [6, 6.07) is 14.5. The fourth-order valence-electron chi connectivity index (χ4n) is 5.20. The number of hydrogen-bond donors (Lipinski definition) is 6. The van der Waals surface area contributed by atoms with Crippen LogP contribution in [0.5, 0.6) is 0 Å². The van der Waals surface area contributed by atoms with E-state index in [1.54, 1.807) is 0 Å². The van der Waals surface area contributed by atoms with E-state index in [4.69, 9.17) is 17.3 Å². The van der Waals surface area contributed by atoms with E-state index in [1.807, 2.05) is 0 Å². The molecular weight excluding hydrogens is 830 g/mol. The van der Waals surface area contributed by atoms with Crippen LogP contribution in [0.25, 0.3) is 21.5 Å². The number of fused-ring (bicyclic) bond motifs is 2. The molecule has 55 heavy (non-hydrogen) atoms. The number of nitrogens with one attached hydrogen (secondary N) is 1. The van der Waals surface area contributed by atoms with Crippen LogP contribution in [0.4, 0.5) is 40.3 Å². The quantitative estimate of drug-likeness (QED) is 0.0682. The highest BCUT2D eigenvalue weighted by Gasteiger charge is 2.23. The van der Waals surface area contributed by atoms with E-state index >= 15 is 0 Å². The molecule has 0 saturated carbocycles. The fourth-order valence-corrected chi connectivity index (χ4v) is 7.92. The first kappa shape index (κ1) is 39.1. The van der Waals surface area contributed by atoms with Gasteiger partial charge in [-0.25, -0.2) is 0 Å². The lowest BCUT2D eigenvalue weighted by molar-refractivity contribution is 0.478. The van der Waals surface area contributed by atoms with Gasteiger partial charge in [0.15, 0.2) is 0 Å². The molecule has 0 amide bonds. The van der Waals surface area contributed by atoms with E-state index in [-0.39, 0.29) is 61.5 Å². The van der Waals surface area contributed by atoms with Gasteiger partial charge in [-0.1, -0.05) is 24.3 Å². The van der Waals surface area contributed by atoms with E-state index in [0.717, 1.165) is 12.1 Å². The van der Waals surface area contributed by atoms with E-state index in [1.165, 1.54) is 48.5 Å². The molecule has 5 aromatic carbocycles. The number of anilines is 3. The van der Waals surface area contributed by atoms with Gasteiger partial charge >= 0.3 is 0 Å². The number of nitrogen functional groups attached to an aromatic ring is 1. The zero-order chi connectivity index (χ0) is 40.1. The second kappa shape index (κ2) is 14.2. The van der Waals surface area contributed by atoms with Crippen LogP contribution in [-0.4, -0.2) is 66.8 Å². The molecule has 0 aliphatic heterocycles. The lowest BCUT2D eigenvalue weighted by Gasteiger charge is -2.13. The van der Waals surface area contributed by atoms with Crippen molar-refractivity contribution in [1.29, 1.82) is 0 Å². The van der Waals surface area contributed by atoms with Crippen molar-refractivity contribution in [1.82, 2.24) is 15.0 Å². The molecule has 0 spiro atoms. The third-order valence-electron chi connectivity index (χ3n) is 7.40. The summed E-state index contributed by atoms with van der Waals surface area (Å²) in [7, 11) is -19.7. The van der Waals surface area contributed by atoms with Gasteiger partial charge in [0.25, 0.3) is 40.5 Å². The van der Waals surface area contributed by atoms with E-state index in [2.05, 4.69) is 40.7 Å². The van der Waals surface area contributed by atoms with Crippen LogP contribution in [0.1, 0.15) is 0 Å². The highest BCUT2D eigenvalue weighted by molar-refractivity contribution is 7.87. The number of halogens is 1. The molecule has 0 bridgehead atoms. The number of aromatic nitrogens is 3. The van der Waals surface area contributed by atoms with Gasteiger partial charge in [0.2, 0.25) is 17.2 Å². The first-order chi connectivity index (χ1) is 25.6. The van der Waals surface area contributed by atoms with Crippen molar-refractivity contribution in [3.63, 3.8) is 0 Å². The third kappa shape index (κ3) is 8.38. The molecule has 0 aliphatic carbocycles. The Kier molecular flexibility index (Phi) is 10.1. The molecule has 1 aromatic heterocycles. The summed E-state index contributed by atoms with van der Waals surface area (Å²) in [5.74, 6) is -0.439. The maximum absolute atomic E-state index is 12.5. The average Bonchev–Trinajstić information content (AvgIpc) is 3.08. The Bertz CT molecular complexity index is 3090. The molecule has 0 saturated heterocycles. The Morgan fingerprint density at radius 1 is 0.545 bits per heavy atom. The number of rotatable bonds is 10. The number of nitrogens with two attached hydrogens (primary N) is 1. The Hall–Kier alpha value is -5.64. The lowest BCUT2D eigenvalue weighted by atomic mass is 10.1. The van der Waals surface area contributed by atoms with Crippen LogP contribution in [0.3, 0.4) is 0 Å². The molecule has 0 radical (unpaired) electrons. The molecule has 21 nitrogen and oxygen atoms in total. The number of hydrogen-bond acceptors (Lipinski definition) is 17. The normalized spacial score (nSPS) is 13.0. The molecule has 0 unspecified atom stereocenters. The maximum atomic E-state index is 12.5. The van der Waals surface area contributed by atoms with E-state index < -0.39 is 65.7 Å². The van der Waals surface area contributed by atoms with Crippen molar-refractivity contribution < 1.29 is 51.9 Å². The first-order valence-electron chi connectivity index (χ1n) is 14.5. The minimum atomic E-state index is -5.00. The van der Waals surface area contributed by atoms with Crippen molar-refractivity contribution in [2.45, 2.75) is 19.6 Å². The molecule has 26 heteroatoms. The monoisotopic (exact) mass is 849 g/mol. The molecule has 7 N–H and O–H groups in total. The predicted octanol–water partition coefficient (Wildman–Crippen LogP) is 5.97. The standard InChI is InChI=1S/C29H20ClN9O12S4/c30-27-33-28(31)35-29(34-27)32-19-10-8-17(15-3-1-5-23(25(15)19)54(46,47)48)36-38-20-11-9-18(16-4-2-6-24(26(16)20)55(49,50)51)37-39-21-13-14(52(40,41)42)7-12-22(21)53(43,44)45/h1-13H,(H,40,41,42)(H,43,44,45)(H,46,47,48)(H,49,50,51)(H3,31,32,33,34,35). The SMILES string of the molecule is Nc1nc(Cl)nc(Nc2ccc(N=Nc3ccc(N=Nc4cc(S(=O)(=O)O)ccc4S(=O)(=O)O)c4cccc(S(=O)(=O)O)c34)c3cccc(S(=O)(=O)O)c23)n1. The van der Waals surface area contributed by atoms with Gasteiger partial charge in [0.05, 0.1) is 27.6 Å². The van der Waals surface area contributed by atoms with Crippen LogP contribution in [-0.2, 0) is 40.5 Å². The van der Waals surface area contributed by atoms with Crippen molar-refractivity contribution in [3.05, 3.63) is 84.1 Å². The summed E-state index contributed by atoms with van der Waals surface area (Å²) in [5, 5.41) is 18.1. The summed E-state index contributed by atoms with van der Waals surface area (Å²) in [6.07, 6.45) is 0. The van der Waals surface area contributed by atoms with Crippen molar-refractivity contribution >= 4 is 114 Å². The molecule has 0 atom stereocenters. The minimum Gasteiger partial charge on any atom is -0.368 e. The molecule has 0 aliphatic rings. The second-order valence-electron chi connectivity index (χ2n) is 10.9. The Balaban J connectivity index is 1.52. The van der Waals surface area contributed by atoms with Gasteiger partial charge < -0.3 is 11.1 Å². The fraction of sp³-hybridized carbons (Fsp3) is 0. The molecular formula is C29H20ClN9O12S4. The molecule has 6 aromatic rings. The van der Waals surface area contributed by atoms with E-state index in [9.17, 15) is 51.9 Å². The van der Waals surface area contributed by atoms with Crippen LogP contribution < -0.4 is 11.1 Å². The number of nitrogens with zero attached hydrogens (tertiary/aromatic N) is 7. The highest BCUT2D eigenvalue weighted by atomic mass is 35.5. The average molecular weight is 850 g/mol. The topological polar surface area (TPSA) is 344 Å². The first-order valence-corrected chi connectivity index (χ1v) is 20.7. The van der Waals surface area contributed by atoms with Crippen molar-refractivity contribution in [3.8, 4) is 0 Å². The molecule has 0 fully saturated rings. The van der Waals surface area contributed by atoms with Crippen molar-refractivity contribution in [2.75, 3.05) is 11.1 Å². The van der Waals surface area contributed by atoms with E-state index in [0.29, 0.717) is 18.2 Å². The zero-order valence-electron chi connectivity index (χ0n) is 26.8. The van der Waals surface area contributed by atoms with Crippen LogP contribution in [0.15, 0.2) is 119 Å². The number of azo groups is 2. The lowest BCUT2D eigenvalue weighted by Crippen LogP contribution is -2.05. The third-order valence-corrected chi connectivity index (χ3v) is 11.1. The van der Waals surface area contributed by atoms with Gasteiger partial charge in [-0.2, -0.15) is 48.6 Å². The van der Waals surface area contributed by atoms with Crippen LogP contribution in [0.2, 0.25) is 5.28 Å². The van der Waals surface area contributed by atoms with Gasteiger partial charge in [-0.05, 0) is 66.2 Å². The van der Waals surface area contributed by atoms with Crippen LogP contribution >= 0.6 is 11.6 Å². The summed E-state index contributed by atoms with van der Waals surface area (Å²) in [6.45, 7) is 0. The largest absolute Gasteiger partial charge is 0.368 e. The molecule has 1 heterocycles. The minimum absolute atomic E-state index is 0.0167. The van der Waals surface area contributed by atoms with Crippen LogP contribution in [0, 0.1) is 0 Å². The summed E-state index contributed by atoms with van der Waals surface area (Å²) < 4.78 is 137. The Morgan fingerprint density at radius 2 is 1.05 bits per heavy atom. The molecule has 6 rings (SSSR count). The Morgan fingerprint density at radius 3 is 1.62 bits per heavy atom. The summed E-state index contributed by atoms with van der Waals surface area (Å²) >= 11 is 5.87. The van der Waals surface area contributed by atoms with Gasteiger partial charge in [-0.3, -0.25) is 18.2 Å². The second-order valence-corrected chi connectivity index (χ2v) is 16.9. The smallest absolute Gasteiger partial charge is 0.296 e. The Labute approximate surface area is 314 Å². The number of benzene rings is 5. The van der Waals surface area contributed by atoms with Gasteiger partial charge in [-0.15, -0.1) is 20.5 Å². The highest BCUT2D eigenvalue weighted by Crippen LogP contribution is 2.42. The van der Waals surface area contributed by atoms with Crippen molar-refractivity contribution in [2.24, 2.45) is 20.5 Å². The molecule has 284 valence electrons. The predicted molar refractivity (Wildman–Crippen MR) is 194 cm³/mol. The zero-order valence-corrected chi connectivity index (χ0v) is 30.8. The summed E-state index contributed by atoms with van der Waals surface area (Å²) in [5.41, 5.74) is 4.55. The van der Waals surface area contributed by atoms with Gasteiger partial charge in [0.1, 0.15) is 20.4 Å². The summed E-state index contributed by atoms with van der Waals surface area (Å²) in [4.78, 5) is 8.52.